The molecule has 1 saturated heterocycles. The van der Waals surface area contributed by atoms with Gasteiger partial charge in [-0.1, -0.05) is 17.3 Å². The molecule has 0 bridgehead atoms. The highest BCUT2D eigenvalue weighted by atomic mass is 16.5. The second-order valence-electron chi connectivity index (χ2n) is 5.94. The molecule has 1 amide bonds. The predicted molar refractivity (Wildman–Crippen MR) is 85.0 cm³/mol. The quantitative estimate of drug-likeness (QED) is 0.838. The number of morpholine rings is 1. The summed E-state index contributed by atoms with van der Waals surface area (Å²) in [6, 6.07) is 7.06. The van der Waals surface area contributed by atoms with E-state index < -0.39 is 0 Å². The Morgan fingerprint density at radius 1 is 1.26 bits per heavy atom. The minimum absolute atomic E-state index is 0.00820. The highest BCUT2D eigenvalue weighted by molar-refractivity contribution is 5.77. The van der Waals surface area contributed by atoms with Crippen LogP contribution >= 0.6 is 0 Å². The second-order valence-corrected chi connectivity index (χ2v) is 5.94. The maximum atomic E-state index is 12.3. The molecule has 0 unspecified atom stereocenters. The van der Waals surface area contributed by atoms with Crippen molar-refractivity contribution >= 4 is 16.8 Å². The van der Waals surface area contributed by atoms with Crippen LogP contribution in [0.1, 0.15) is 20.3 Å². The molecule has 2 atom stereocenters. The van der Waals surface area contributed by atoms with Gasteiger partial charge < -0.3 is 9.64 Å². The van der Waals surface area contributed by atoms with E-state index in [-0.39, 0.29) is 36.6 Å². The molecule has 2 aromatic rings. The summed E-state index contributed by atoms with van der Waals surface area (Å²) in [5.41, 5.74) is 0.350. The molecule has 1 fully saturated rings. The molecule has 1 aliphatic heterocycles. The SMILES string of the molecule is C[C@@H]1CN(C(=O)CCn2nnc3ccccc3c2=O)C[C@@H](C)O1. The number of aryl methyl sites for hydroxylation is 1. The van der Waals surface area contributed by atoms with Crippen molar-refractivity contribution in [3.8, 4) is 0 Å². The van der Waals surface area contributed by atoms with Gasteiger partial charge >= 0.3 is 0 Å². The van der Waals surface area contributed by atoms with Gasteiger partial charge in [0, 0.05) is 19.5 Å². The molecule has 3 rings (SSSR count). The second kappa shape index (κ2) is 6.45. The van der Waals surface area contributed by atoms with E-state index in [2.05, 4.69) is 10.3 Å². The lowest BCUT2D eigenvalue weighted by Gasteiger charge is -2.35. The van der Waals surface area contributed by atoms with Crippen LogP contribution in [0.4, 0.5) is 0 Å². The van der Waals surface area contributed by atoms with Crippen LogP contribution in [0.5, 0.6) is 0 Å². The van der Waals surface area contributed by atoms with Crippen molar-refractivity contribution in [2.24, 2.45) is 0 Å². The predicted octanol–water partition coefficient (Wildman–Crippen LogP) is 0.817. The number of carbonyl (C=O) groups is 1. The van der Waals surface area contributed by atoms with Gasteiger partial charge in [0.05, 0.1) is 24.1 Å². The van der Waals surface area contributed by atoms with Gasteiger partial charge in [0.25, 0.3) is 5.56 Å². The first-order chi connectivity index (χ1) is 11.0. The first-order valence-corrected chi connectivity index (χ1v) is 7.80. The number of benzene rings is 1. The van der Waals surface area contributed by atoms with Crippen LogP contribution in [0, 0.1) is 0 Å². The highest BCUT2D eigenvalue weighted by Crippen LogP contribution is 2.12. The van der Waals surface area contributed by atoms with Crippen LogP contribution in [0.25, 0.3) is 10.9 Å². The third kappa shape index (κ3) is 3.39. The van der Waals surface area contributed by atoms with E-state index >= 15 is 0 Å². The molecule has 122 valence electrons. The first kappa shape index (κ1) is 15.6. The Bertz CT molecular complexity index is 763. The van der Waals surface area contributed by atoms with Gasteiger partial charge in [0.2, 0.25) is 5.91 Å². The largest absolute Gasteiger partial charge is 0.372 e. The van der Waals surface area contributed by atoms with Gasteiger partial charge in [-0.2, -0.15) is 0 Å². The maximum absolute atomic E-state index is 12.3. The molecule has 0 radical (unpaired) electrons. The number of amides is 1. The van der Waals surface area contributed by atoms with Gasteiger partial charge in [-0.05, 0) is 26.0 Å². The lowest BCUT2D eigenvalue weighted by Crippen LogP contribution is -2.48. The summed E-state index contributed by atoms with van der Waals surface area (Å²) in [5.74, 6) is 0.00820. The van der Waals surface area contributed by atoms with E-state index in [0.29, 0.717) is 24.0 Å². The average Bonchev–Trinajstić information content (AvgIpc) is 2.53. The molecule has 23 heavy (non-hydrogen) atoms. The minimum Gasteiger partial charge on any atom is -0.372 e. The zero-order valence-electron chi connectivity index (χ0n) is 13.3. The maximum Gasteiger partial charge on any atom is 0.277 e. The normalized spacial score (nSPS) is 21.6. The molecule has 0 N–H and O–H groups in total. The fourth-order valence-electron chi connectivity index (χ4n) is 2.91. The number of fused-ring (bicyclic) bond motifs is 1. The van der Waals surface area contributed by atoms with Gasteiger partial charge in [-0.25, -0.2) is 4.68 Å². The molecule has 1 aliphatic rings. The molecule has 2 heterocycles. The van der Waals surface area contributed by atoms with Crippen LogP contribution < -0.4 is 5.56 Å². The Morgan fingerprint density at radius 3 is 2.70 bits per heavy atom. The van der Waals surface area contributed by atoms with Crippen LogP contribution in [0.2, 0.25) is 0 Å². The lowest BCUT2D eigenvalue weighted by molar-refractivity contribution is -0.143. The fourth-order valence-corrected chi connectivity index (χ4v) is 2.91. The number of aromatic nitrogens is 3. The van der Waals surface area contributed by atoms with Crippen molar-refractivity contribution in [3.05, 3.63) is 34.6 Å². The Kier molecular flexibility index (Phi) is 4.38. The van der Waals surface area contributed by atoms with Crippen molar-refractivity contribution in [2.75, 3.05) is 13.1 Å². The van der Waals surface area contributed by atoms with Crippen LogP contribution in [-0.4, -0.2) is 51.1 Å². The smallest absolute Gasteiger partial charge is 0.277 e. The van der Waals surface area contributed by atoms with E-state index in [1.165, 1.54) is 4.68 Å². The van der Waals surface area contributed by atoms with Gasteiger partial charge in [0.15, 0.2) is 0 Å². The van der Waals surface area contributed by atoms with Crippen molar-refractivity contribution in [1.82, 2.24) is 19.9 Å². The monoisotopic (exact) mass is 316 g/mol. The Morgan fingerprint density at radius 2 is 1.96 bits per heavy atom. The highest BCUT2D eigenvalue weighted by Gasteiger charge is 2.25. The molecule has 0 saturated carbocycles. The van der Waals surface area contributed by atoms with Crippen molar-refractivity contribution in [2.45, 2.75) is 39.0 Å². The molecule has 0 aliphatic carbocycles. The molecule has 1 aromatic heterocycles. The molecule has 7 nitrogen and oxygen atoms in total. The zero-order valence-corrected chi connectivity index (χ0v) is 13.3. The lowest BCUT2D eigenvalue weighted by atomic mass is 10.2. The van der Waals surface area contributed by atoms with Crippen LogP contribution in [0.15, 0.2) is 29.1 Å². The molecule has 0 spiro atoms. The number of rotatable bonds is 3. The molecular weight excluding hydrogens is 296 g/mol. The van der Waals surface area contributed by atoms with Crippen LogP contribution in [-0.2, 0) is 16.1 Å². The zero-order chi connectivity index (χ0) is 16.4. The summed E-state index contributed by atoms with van der Waals surface area (Å²) in [6.45, 7) is 5.31. The number of nitrogens with zero attached hydrogens (tertiary/aromatic N) is 4. The Balaban J connectivity index is 1.70. The number of ether oxygens (including phenoxy) is 1. The summed E-state index contributed by atoms with van der Waals surface area (Å²) in [5, 5.41) is 8.45. The van der Waals surface area contributed by atoms with Crippen LogP contribution in [0.3, 0.4) is 0 Å². The van der Waals surface area contributed by atoms with E-state index in [9.17, 15) is 9.59 Å². The average molecular weight is 316 g/mol. The summed E-state index contributed by atoms with van der Waals surface area (Å²) in [6.07, 6.45) is 0.295. The van der Waals surface area contributed by atoms with E-state index in [4.69, 9.17) is 4.74 Å². The van der Waals surface area contributed by atoms with Gasteiger partial charge in [0.1, 0.15) is 5.52 Å². The number of hydrogen-bond donors (Lipinski definition) is 0. The fraction of sp³-hybridized carbons (Fsp3) is 0.500. The van der Waals surface area contributed by atoms with Gasteiger partial charge in [-0.3, -0.25) is 9.59 Å². The molecular formula is C16H20N4O3. The summed E-state index contributed by atoms with van der Waals surface area (Å²) >= 11 is 0. The summed E-state index contributed by atoms with van der Waals surface area (Å²) in [7, 11) is 0. The first-order valence-electron chi connectivity index (χ1n) is 7.80. The Labute approximate surface area is 133 Å². The number of carbonyl (C=O) groups excluding carboxylic acids is 1. The third-order valence-corrected chi connectivity index (χ3v) is 3.94. The van der Waals surface area contributed by atoms with Crippen molar-refractivity contribution < 1.29 is 9.53 Å². The summed E-state index contributed by atoms with van der Waals surface area (Å²) < 4.78 is 6.88. The number of hydrogen-bond acceptors (Lipinski definition) is 5. The van der Waals surface area contributed by atoms with E-state index in [0.717, 1.165) is 0 Å². The Hall–Kier alpha value is -2.28. The van der Waals surface area contributed by atoms with Crippen molar-refractivity contribution in [3.63, 3.8) is 0 Å². The third-order valence-electron chi connectivity index (χ3n) is 3.94. The van der Waals surface area contributed by atoms with E-state index in [1.54, 1.807) is 23.1 Å². The molecule has 1 aromatic carbocycles. The summed E-state index contributed by atoms with van der Waals surface area (Å²) in [4.78, 5) is 26.5. The van der Waals surface area contributed by atoms with E-state index in [1.807, 2.05) is 19.9 Å². The standard InChI is InChI=1S/C16H20N4O3/c1-11-9-19(10-12(2)23-11)15(21)7-8-20-16(22)13-5-3-4-6-14(13)17-18-20/h3-6,11-12H,7-10H2,1-2H3/t11-,12-/m1/s1. The minimum atomic E-state index is -0.216. The van der Waals surface area contributed by atoms with Crippen molar-refractivity contribution in [1.29, 1.82) is 0 Å². The molecule has 7 heteroatoms. The topological polar surface area (TPSA) is 77.3 Å². The van der Waals surface area contributed by atoms with Gasteiger partial charge in [-0.15, -0.1) is 5.10 Å².